The molecule has 0 saturated carbocycles. The van der Waals surface area contributed by atoms with Gasteiger partial charge in [0.1, 0.15) is 17.3 Å². The largest absolute Gasteiger partial charge is 0.457 e. The second-order valence-corrected chi connectivity index (χ2v) is 8.15. The Morgan fingerprint density at radius 3 is 2.58 bits per heavy atom. The maximum atomic E-state index is 13.5. The predicted octanol–water partition coefficient (Wildman–Crippen LogP) is 5.36. The molecule has 1 N–H and O–H groups in total. The van der Waals surface area contributed by atoms with Gasteiger partial charge in [-0.25, -0.2) is 8.91 Å². The fourth-order valence-corrected chi connectivity index (χ4v) is 4.21. The van der Waals surface area contributed by atoms with E-state index >= 15 is 0 Å². The van der Waals surface area contributed by atoms with Crippen LogP contribution in [0.1, 0.15) is 16.1 Å². The van der Waals surface area contributed by atoms with Gasteiger partial charge in [-0.2, -0.15) is 4.98 Å². The molecule has 0 atom stereocenters. The number of para-hydroxylation sites is 1. The summed E-state index contributed by atoms with van der Waals surface area (Å²) in [5.74, 6) is 1.40. The fraction of sp³-hybridized carbons (Fsp3) is 0.0800. The van der Waals surface area contributed by atoms with E-state index in [-0.39, 0.29) is 11.7 Å². The number of benzene rings is 3. The zero-order valence-electron chi connectivity index (χ0n) is 17.4. The van der Waals surface area contributed by atoms with Crippen molar-refractivity contribution in [3.63, 3.8) is 0 Å². The molecule has 3 aromatic carbocycles. The minimum atomic E-state index is -0.326. The van der Waals surface area contributed by atoms with Crippen LogP contribution < -0.4 is 10.1 Å². The second kappa shape index (κ2) is 9.22. The highest BCUT2D eigenvalue weighted by atomic mass is 32.1. The molecule has 6 nitrogen and oxygen atoms in total. The summed E-state index contributed by atoms with van der Waals surface area (Å²) >= 11 is 1.46. The molecule has 5 rings (SSSR count). The van der Waals surface area contributed by atoms with Gasteiger partial charge in [-0.05, 0) is 48.5 Å². The minimum Gasteiger partial charge on any atom is -0.457 e. The number of fused-ring (bicyclic) bond motifs is 1. The summed E-state index contributed by atoms with van der Waals surface area (Å²) in [6.07, 6.45) is 0.590. The molecule has 164 valence electrons. The summed E-state index contributed by atoms with van der Waals surface area (Å²) in [4.78, 5) is 17.7. The number of amides is 1. The van der Waals surface area contributed by atoms with Crippen molar-refractivity contribution in [1.82, 2.24) is 19.9 Å². The van der Waals surface area contributed by atoms with Crippen LogP contribution >= 0.6 is 11.3 Å². The first-order valence-electron chi connectivity index (χ1n) is 10.4. The van der Waals surface area contributed by atoms with E-state index in [1.807, 2.05) is 35.7 Å². The molecule has 0 spiro atoms. The van der Waals surface area contributed by atoms with Crippen LogP contribution in [-0.2, 0) is 6.42 Å². The number of halogens is 1. The first-order valence-corrected chi connectivity index (χ1v) is 11.2. The van der Waals surface area contributed by atoms with Crippen LogP contribution in [0.2, 0.25) is 0 Å². The average Bonchev–Trinajstić information content (AvgIpc) is 3.42. The third-order valence-electron chi connectivity index (χ3n) is 4.99. The van der Waals surface area contributed by atoms with E-state index in [2.05, 4.69) is 15.4 Å². The average molecular weight is 459 g/mol. The Morgan fingerprint density at radius 2 is 1.79 bits per heavy atom. The van der Waals surface area contributed by atoms with Crippen molar-refractivity contribution in [2.75, 3.05) is 6.54 Å². The fourth-order valence-electron chi connectivity index (χ4n) is 3.35. The van der Waals surface area contributed by atoms with E-state index < -0.39 is 0 Å². The smallest absolute Gasteiger partial charge is 0.251 e. The molecule has 5 aromatic rings. The summed E-state index contributed by atoms with van der Waals surface area (Å²) in [5, 5.41) is 9.40. The summed E-state index contributed by atoms with van der Waals surface area (Å²) in [7, 11) is 0. The van der Waals surface area contributed by atoms with Crippen LogP contribution in [0.25, 0.3) is 16.3 Å². The number of ether oxygens (including phenoxy) is 1. The standard InChI is InChI=1S/C25H19FN4O2S/c26-19-6-4-5-18(15-19)23-28-25-30(29-23)20(16-33-25)13-14-27-24(31)17-9-11-22(12-10-17)32-21-7-2-1-3-8-21/h1-12,15-16H,13-14H2,(H,27,31). The monoisotopic (exact) mass is 458 g/mol. The number of hydrogen-bond donors (Lipinski definition) is 1. The lowest BCUT2D eigenvalue weighted by atomic mass is 10.2. The first-order chi connectivity index (χ1) is 16.2. The highest BCUT2D eigenvalue weighted by Crippen LogP contribution is 2.22. The van der Waals surface area contributed by atoms with Crippen molar-refractivity contribution in [2.24, 2.45) is 0 Å². The normalized spacial score (nSPS) is 10.9. The minimum absolute atomic E-state index is 0.160. The Morgan fingerprint density at radius 1 is 1.00 bits per heavy atom. The summed E-state index contributed by atoms with van der Waals surface area (Å²) in [6.45, 7) is 0.447. The van der Waals surface area contributed by atoms with E-state index in [9.17, 15) is 9.18 Å². The Bertz CT molecular complexity index is 1400. The van der Waals surface area contributed by atoms with Crippen LogP contribution in [0, 0.1) is 5.82 Å². The van der Waals surface area contributed by atoms with Gasteiger partial charge >= 0.3 is 0 Å². The highest BCUT2D eigenvalue weighted by molar-refractivity contribution is 7.15. The van der Waals surface area contributed by atoms with E-state index in [0.717, 1.165) is 16.4 Å². The van der Waals surface area contributed by atoms with Gasteiger partial charge in [0, 0.05) is 29.5 Å². The summed E-state index contributed by atoms with van der Waals surface area (Å²) in [6, 6.07) is 22.7. The Labute approximate surface area is 193 Å². The zero-order chi connectivity index (χ0) is 22.6. The molecule has 0 radical (unpaired) electrons. The van der Waals surface area contributed by atoms with Gasteiger partial charge in [-0.3, -0.25) is 4.79 Å². The van der Waals surface area contributed by atoms with Crippen LogP contribution in [0.3, 0.4) is 0 Å². The Hall–Kier alpha value is -4.04. The molecule has 0 aliphatic heterocycles. The van der Waals surface area contributed by atoms with E-state index in [4.69, 9.17) is 4.74 Å². The predicted molar refractivity (Wildman–Crippen MR) is 125 cm³/mol. The van der Waals surface area contributed by atoms with Crippen LogP contribution in [0.15, 0.2) is 84.2 Å². The first kappa shape index (κ1) is 20.8. The number of nitrogens with zero attached hydrogens (tertiary/aromatic N) is 3. The Kier molecular flexibility index (Phi) is 5.82. The maximum absolute atomic E-state index is 13.5. The van der Waals surface area contributed by atoms with E-state index in [0.29, 0.717) is 35.7 Å². The van der Waals surface area contributed by atoms with Gasteiger partial charge in [0.15, 0.2) is 5.82 Å². The van der Waals surface area contributed by atoms with Crippen molar-refractivity contribution < 1.29 is 13.9 Å². The van der Waals surface area contributed by atoms with Crippen molar-refractivity contribution in [1.29, 1.82) is 0 Å². The number of nitrogens with one attached hydrogen (secondary N) is 1. The molecule has 8 heteroatoms. The molecule has 0 bridgehead atoms. The molecular weight excluding hydrogens is 439 g/mol. The van der Waals surface area contributed by atoms with Gasteiger partial charge in [-0.1, -0.05) is 30.3 Å². The van der Waals surface area contributed by atoms with E-state index in [1.165, 1.54) is 23.5 Å². The van der Waals surface area contributed by atoms with Gasteiger partial charge in [0.25, 0.3) is 5.91 Å². The molecule has 0 saturated heterocycles. The third-order valence-corrected chi connectivity index (χ3v) is 5.86. The van der Waals surface area contributed by atoms with Crippen molar-refractivity contribution >= 4 is 22.2 Å². The van der Waals surface area contributed by atoms with Crippen molar-refractivity contribution in [3.8, 4) is 22.9 Å². The van der Waals surface area contributed by atoms with Gasteiger partial charge < -0.3 is 10.1 Å². The lowest BCUT2D eigenvalue weighted by Gasteiger charge is -2.07. The SMILES string of the molecule is O=C(NCCc1csc2nc(-c3cccc(F)c3)nn12)c1ccc(Oc2ccccc2)cc1. The summed E-state index contributed by atoms with van der Waals surface area (Å²) in [5.41, 5.74) is 2.11. The number of carbonyl (C=O) groups is 1. The van der Waals surface area contributed by atoms with Crippen LogP contribution in [0.4, 0.5) is 4.39 Å². The molecule has 0 fully saturated rings. The molecular formula is C25H19FN4O2S. The number of rotatable bonds is 7. The number of thiazole rings is 1. The van der Waals surface area contributed by atoms with Crippen molar-refractivity contribution in [3.05, 3.63) is 101 Å². The van der Waals surface area contributed by atoms with Crippen molar-refractivity contribution in [2.45, 2.75) is 6.42 Å². The molecule has 0 aliphatic rings. The highest BCUT2D eigenvalue weighted by Gasteiger charge is 2.13. The third kappa shape index (κ3) is 4.75. The summed E-state index contributed by atoms with van der Waals surface area (Å²) < 4.78 is 21.0. The number of aromatic nitrogens is 3. The molecule has 0 unspecified atom stereocenters. The quantitative estimate of drug-likeness (QED) is 0.356. The van der Waals surface area contributed by atoms with Gasteiger partial charge in [-0.15, -0.1) is 16.4 Å². The maximum Gasteiger partial charge on any atom is 0.251 e. The Balaban J connectivity index is 1.19. The zero-order valence-corrected chi connectivity index (χ0v) is 18.3. The van der Waals surface area contributed by atoms with Crippen LogP contribution in [-0.4, -0.2) is 27.0 Å². The second-order valence-electron chi connectivity index (χ2n) is 7.31. The molecule has 2 aromatic heterocycles. The molecule has 0 aliphatic carbocycles. The topological polar surface area (TPSA) is 68.5 Å². The molecule has 2 heterocycles. The molecule has 33 heavy (non-hydrogen) atoms. The lowest BCUT2D eigenvalue weighted by molar-refractivity contribution is 0.0954. The molecule has 1 amide bonds. The van der Waals surface area contributed by atoms with Gasteiger partial charge in [0.2, 0.25) is 4.96 Å². The van der Waals surface area contributed by atoms with Crippen LogP contribution in [0.5, 0.6) is 11.5 Å². The van der Waals surface area contributed by atoms with E-state index in [1.54, 1.807) is 40.9 Å². The lowest BCUT2D eigenvalue weighted by Crippen LogP contribution is -2.25. The van der Waals surface area contributed by atoms with Gasteiger partial charge in [0.05, 0.1) is 5.69 Å². The number of carbonyl (C=O) groups excluding carboxylic acids is 1. The number of hydrogen-bond acceptors (Lipinski definition) is 5.